The zero-order chi connectivity index (χ0) is 16.9. The summed E-state index contributed by atoms with van der Waals surface area (Å²) in [4.78, 5) is 24.2. The summed E-state index contributed by atoms with van der Waals surface area (Å²) in [7, 11) is 1.63. The number of amides is 2. The largest absolute Gasteiger partial charge is 0.380 e. The lowest BCUT2D eigenvalue weighted by Crippen LogP contribution is -2.15. The molecule has 1 aliphatic rings. The van der Waals surface area contributed by atoms with Crippen LogP contribution in [0.2, 0.25) is 0 Å². The van der Waals surface area contributed by atoms with Crippen molar-refractivity contribution in [3.8, 4) is 0 Å². The van der Waals surface area contributed by atoms with Crippen LogP contribution in [-0.4, -0.2) is 18.9 Å². The Morgan fingerprint density at radius 2 is 1.75 bits per heavy atom. The van der Waals surface area contributed by atoms with E-state index in [0.29, 0.717) is 23.5 Å². The Kier molecular flexibility index (Phi) is 4.91. The fraction of sp³-hybridized carbons (Fsp3) is 0.263. The molecular weight excluding hydrogens is 304 g/mol. The maximum Gasteiger partial charge on any atom is 0.255 e. The van der Waals surface area contributed by atoms with E-state index in [2.05, 4.69) is 10.6 Å². The van der Waals surface area contributed by atoms with Crippen LogP contribution < -0.4 is 10.6 Å². The van der Waals surface area contributed by atoms with Gasteiger partial charge in [-0.1, -0.05) is 18.2 Å². The van der Waals surface area contributed by atoms with E-state index < -0.39 is 0 Å². The van der Waals surface area contributed by atoms with Gasteiger partial charge in [0, 0.05) is 30.0 Å². The molecule has 0 unspecified atom stereocenters. The standard InChI is InChI=1S/C19H20N2O3/c1-24-12-13-4-2-6-16(10-13)20-19(23)15-5-3-7-17(11-15)21-18(22)14-8-9-14/h2-7,10-11,14H,8-9,12H2,1H3,(H,20,23)(H,21,22). The SMILES string of the molecule is COCc1cccc(NC(=O)c2cccc(NC(=O)C3CC3)c2)c1. The Morgan fingerprint density at radius 1 is 1.04 bits per heavy atom. The van der Waals surface area contributed by atoms with Crippen LogP contribution in [0, 0.1) is 5.92 Å². The van der Waals surface area contributed by atoms with Crippen LogP contribution in [0.25, 0.3) is 0 Å². The molecule has 2 aromatic carbocycles. The maximum absolute atomic E-state index is 12.4. The first-order valence-electron chi connectivity index (χ1n) is 7.96. The molecule has 0 atom stereocenters. The Morgan fingerprint density at radius 3 is 2.46 bits per heavy atom. The molecule has 0 aromatic heterocycles. The first-order chi connectivity index (χ1) is 11.7. The summed E-state index contributed by atoms with van der Waals surface area (Å²) in [6, 6.07) is 14.5. The summed E-state index contributed by atoms with van der Waals surface area (Å²) in [5, 5.41) is 5.72. The predicted octanol–water partition coefficient (Wildman–Crippen LogP) is 3.43. The number of ether oxygens (including phenoxy) is 1. The van der Waals surface area contributed by atoms with Gasteiger partial charge in [0.15, 0.2) is 0 Å². The summed E-state index contributed by atoms with van der Waals surface area (Å²) in [5.74, 6) is -0.0575. The van der Waals surface area contributed by atoms with Crippen LogP contribution in [0.5, 0.6) is 0 Å². The van der Waals surface area contributed by atoms with Gasteiger partial charge in [-0.15, -0.1) is 0 Å². The van der Waals surface area contributed by atoms with Crippen molar-refractivity contribution in [3.05, 3.63) is 59.7 Å². The molecule has 0 bridgehead atoms. The van der Waals surface area contributed by atoms with Gasteiger partial charge in [0.05, 0.1) is 6.61 Å². The normalized spacial score (nSPS) is 13.4. The van der Waals surface area contributed by atoms with Crippen LogP contribution in [0.4, 0.5) is 11.4 Å². The zero-order valence-corrected chi connectivity index (χ0v) is 13.5. The number of carbonyl (C=O) groups is 2. The van der Waals surface area contributed by atoms with E-state index in [1.165, 1.54) is 0 Å². The zero-order valence-electron chi connectivity index (χ0n) is 13.5. The molecule has 5 nitrogen and oxygen atoms in total. The molecule has 2 N–H and O–H groups in total. The molecule has 1 aliphatic carbocycles. The predicted molar refractivity (Wildman–Crippen MR) is 92.9 cm³/mol. The summed E-state index contributed by atoms with van der Waals surface area (Å²) in [6.07, 6.45) is 1.90. The van der Waals surface area contributed by atoms with Crippen molar-refractivity contribution in [2.24, 2.45) is 5.92 Å². The Bertz CT molecular complexity index is 754. The van der Waals surface area contributed by atoms with Gasteiger partial charge in [-0.2, -0.15) is 0 Å². The molecule has 1 fully saturated rings. The average molecular weight is 324 g/mol. The minimum absolute atomic E-state index is 0.0276. The van der Waals surface area contributed by atoms with Gasteiger partial charge in [-0.05, 0) is 48.7 Å². The van der Waals surface area contributed by atoms with Crippen LogP contribution in [0.1, 0.15) is 28.8 Å². The third-order valence-corrected chi connectivity index (χ3v) is 3.84. The Balaban J connectivity index is 1.68. The van der Waals surface area contributed by atoms with E-state index in [1.54, 1.807) is 31.4 Å². The van der Waals surface area contributed by atoms with Crippen molar-refractivity contribution < 1.29 is 14.3 Å². The summed E-state index contributed by atoms with van der Waals surface area (Å²) < 4.78 is 5.10. The lowest BCUT2D eigenvalue weighted by Gasteiger charge is -2.09. The van der Waals surface area contributed by atoms with Gasteiger partial charge < -0.3 is 15.4 Å². The first-order valence-corrected chi connectivity index (χ1v) is 7.96. The number of benzene rings is 2. The highest BCUT2D eigenvalue weighted by Gasteiger charge is 2.29. The number of carbonyl (C=O) groups excluding carboxylic acids is 2. The second-order valence-electron chi connectivity index (χ2n) is 5.93. The second-order valence-corrected chi connectivity index (χ2v) is 5.93. The van der Waals surface area contributed by atoms with Crippen LogP contribution in [-0.2, 0) is 16.1 Å². The monoisotopic (exact) mass is 324 g/mol. The van der Waals surface area contributed by atoms with Gasteiger partial charge in [0.25, 0.3) is 5.91 Å². The Labute approximate surface area is 141 Å². The lowest BCUT2D eigenvalue weighted by molar-refractivity contribution is -0.117. The fourth-order valence-corrected chi connectivity index (χ4v) is 2.44. The molecule has 2 amide bonds. The van der Waals surface area contributed by atoms with Crippen molar-refractivity contribution >= 4 is 23.2 Å². The van der Waals surface area contributed by atoms with Crippen LogP contribution in [0.15, 0.2) is 48.5 Å². The number of hydrogen-bond acceptors (Lipinski definition) is 3. The minimum atomic E-state index is -0.216. The molecule has 0 heterocycles. The highest BCUT2D eigenvalue weighted by molar-refractivity contribution is 6.05. The summed E-state index contributed by atoms with van der Waals surface area (Å²) in [5.41, 5.74) is 2.84. The second kappa shape index (κ2) is 7.27. The quantitative estimate of drug-likeness (QED) is 0.855. The third kappa shape index (κ3) is 4.20. The van der Waals surface area contributed by atoms with E-state index >= 15 is 0 Å². The van der Waals surface area contributed by atoms with Crippen LogP contribution >= 0.6 is 0 Å². The summed E-state index contributed by atoms with van der Waals surface area (Å²) >= 11 is 0. The highest BCUT2D eigenvalue weighted by Crippen LogP contribution is 2.30. The smallest absolute Gasteiger partial charge is 0.255 e. The number of rotatable bonds is 6. The maximum atomic E-state index is 12.4. The Hall–Kier alpha value is -2.66. The van der Waals surface area contributed by atoms with Crippen molar-refractivity contribution in [2.45, 2.75) is 19.4 Å². The molecular formula is C19H20N2O3. The number of methoxy groups -OCH3 is 1. The summed E-state index contributed by atoms with van der Waals surface area (Å²) in [6.45, 7) is 0.492. The number of hydrogen-bond donors (Lipinski definition) is 2. The number of anilines is 2. The molecule has 2 aromatic rings. The molecule has 3 rings (SSSR count). The van der Waals surface area contributed by atoms with E-state index in [0.717, 1.165) is 18.4 Å². The van der Waals surface area contributed by atoms with Crippen molar-refractivity contribution in [3.63, 3.8) is 0 Å². The minimum Gasteiger partial charge on any atom is -0.380 e. The number of nitrogens with one attached hydrogen (secondary N) is 2. The molecule has 0 aliphatic heterocycles. The first kappa shape index (κ1) is 16.2. The molecule has 5 heteroatoms. The van der Waals surface area contributed by atoms with Gasteiger partial charge in [-0.25, -0.2) is 0 Å². The topological polar surface area (TPSA) is 67.4 Å². The van der Waals surface area contributed by atoms with E-state index in [9.17, 15) is 9.59 Å². The fourth-order valence-electron chi connectivity index (χ4n) is 2.44. The van der Waals surface area contributed by atoms with Crippen molar-refractivity contribution in [1.82, 2.24) is 0 Å². The molecule has 24 heavy (non-hydrogen) atoms. The molecule has 0 saturated heterocycles. The van der Waals surface area contributed by atoms with Crippen LogP contribution in [0.3, 0.4) is 0 Å². The molecule has 1 saturated carbocycles. The average Bonchev–Trinajstić information content (AvgIpc) is 3.41. The van der Waals surface area contributed by atoms with E-state index in [1.807, 2.05) is 24.3 Å². The van der Waals surface area contributed by atoms with Gasteiger partial charge in [0.2, 0.25) is 5.91 Å². The van der Waals surface area contributed by atoms with Crippen molar-refractivity contribution in [1.29, 1.82) is 0 Å². The molecule has 0 radical (unpaired) electrons. The van der Waals surface area contributed by atoms with Gasteiger partial charge in [0.1, 0.15) is 0 Å². The van der Waals surface area contributed by atoms with Gasteiger partial charge in [-0.3, -0.25) is 9.59 Å². The lowest BCUT2D eigenvalue weighted by atomic mass is 10.1. The van der Waals surface area contributed by atoms with E-state index in [4.69, 9.17) is 4.74 Å². The van der Waals surface area contributed by atoms with Crippen molar-refractivity contribution in [2.75, 3.05) is 17.7 Å². The molecule has 124 valence electrons. The highest BCUT2D eigenvalue weighted by atomic mass is 16.5. The third-order valence-electron chi connectivity index (χ3n) is 3.84. The van der Waals surface area contributed by atoms with E-state index in [-0.39, 0.29) is 17.7 Å². The van der Waals surface area contributed by atoms with Gasteiger partial charge >= 0.3 is 0 Å². The molecule has 0 spiro atoms.